The van der Waals surface area contributed by atoms with E-state index in [0.29, 0.717) is 53.6 Å². The Morgan fingerprint density at radius 1 is 1.21 bits per heavy atom. The standard InChI is InChI=1S/C25H26N6O2/c1-16-13-20(16)25(33)29-18-8-5-7-17(14-18)24(32)28-12-6-11-22-21(15-26)23(27)31(30-22)19-9-3-2-4-10-19/h2-5,7-10,14,16,20H,6,11-13,27H2,1H3,(H,28,32)(H,29,33). The summed E-state index contributed by atoms with van der Waals surface area (Å²) in [5.74, 6) is 0.582. The number of hydrogen-bond acceptors (Lipinski definition) is 5. The van der Waals surface area contributed by atoms with E-state index in [1.165, 1.54) is 0 Å². The number of anilines is 2. The molecule has 168 valence electrons. The molecule has 0 radical (unpaired) electrons. The number of hydrogen-bond donors (Lipinski definition) is 3. The van der Waals surface area contributed by atoms with E-state index in [1.807, 2.05) is 37.3 Å². The summed E-state index contributed by atoms with van der Waals surface area (Å²) in [6, 6.07) is 18.4. The third-order valence-electron chi connectivity index (χ3n) is 5.82. The monoisotopic (exact) mass is 442 g/mol. The van der Waals surface area contributed by atoms with E-state index in [1.54, 1.807) is 28.9 Å². The summed E-state index contributed by atoms with van der Waals surface area (Å²) in [6.45, 7) is 2.46. The van der Waals surface area contributed by atoms with Crippen LogP contribution in [0.2, 0.25) is 0 Å². The van der Waals surface area contributed by atoms with Crippen LogP contribution in [-0.2, 0) is 11.2 Å². The summed E-state index contributed by atoms with van der Waals surface area (Å²) in [7, 11) is 0. The summed E-state index contributed by atoms with van der Waals surface area (Å²) >= 11 is 0. The molecule has 1 aliphatic carbocycles. The van der Waals surface area contributed by atoms with Gasteiger partial charge in [-0.05, 0) is 55.5 Å². The van der Waals surface area contributed by atoms with Gasteiger partial charge in [-0.3, -0.25) is 9.59 Å². The first kappa shape index (κ1) is 22.1. The van der Waals surface area contributed by atoms with E-state index in [-0.39, 0.29) is 17.7 Å². The zero-order valence-electron chi connectivity index (χ0n) is 18.4. The van der Waals surface area contributed by atoms with E-state index in [0.717, 1.165) is 12.1 Å². The van der Waals surface area contributed by atoms with Gasteiger partial charge in [-0.2, -0.15) is 10.4 Å². The van der Waals surface area contributed by atoms with Gasteiger partial charge in [-0.15, -0.1) is 0 Å². The van der Waals surface area contributed by atoms with E-state index in [9.17, 15) is 14.9 Å². The Morgan fingerprint density at radius 3 is 2.67 bits per heavy atom. The molecule has 1 fully saturated rings. The minimum absolute atomic E-state index is 0.00238. The Morgan fingerprint density at radius 2 is 1.97 bits per heavy atom. The number of rotatable bonds is 8. The van der Waals surface area contributed by atoms with Gasteiger partial charge >= 0.3 is 0 Å². The van der Waals surface area contributed by atoms with Crippen LogP contribution >= 0.6 is 0 Å². The molecule has 2 unspecified atom stereocenters. The van der Waals surface area contributed by atoms with Gasteiger partial charge in [0.2, 0.25) is 5.91 Å². The molecule has 0 bridgehead atoms. The van der Waals surface area contributed by atoms with Gasteiger partial charge in [-0.1, -0.05) is 31.2 Å². The van der Waals surface area contributed by atoms with Gasteiger partial charge in [0.05, 0.1) is 11.4 Å². The second-order valence-corrected chi connectivity index (χ2v) is 8.32. The van der Waals surface area contributed by atoms with Crippen LogP contribution in [0.25, 0.3) is 5.69 Å². The SMILES string of the molecule is CC1CC1C(=O)Nc1cccc(C(=O)NCCCc2nn(-c3ccccc3)c(N)c2C#N)c1. The Kier molecular flexibility index (Phi) is 6.41. The van der Waals surface area contributed by atoms with Crippen molar-refractivity contribution in [2.45, 2.75) is 26.2 Å². The van der Waals surface area contributed by atoms with Gasteiger partial charge in [0, 0.05) is 23.7 Å². The van der Waals surface area contributed by atoms with Crippen molar-refractivity contribution in [2.75, 3.05) is 17.6 Å². The number of amides is 2. The molecule has 2 atom stereocenters. The number of carbonyl (C=O) groups is 2. The van der Waals surface area contributed by atoms with Crippen molar-refractivity contribution in [3.8, 4) is 11.8 Å². The van der Waals surface area contributed by atoms with Crippen LogP contribution in [0.5, 0.6) is 0 Å². The van der Waals surface area contributed by atoms with Crippen molar-refractivity contribution in [1.82, 2.24) is 15.1 Å². The number of nitrogens with zero attached hydrogens (tertiary/aromatic N) is 3. The van der Waals surface area contributed by atoms with Crippen LogP contribution < -0.4 is 16.4 Å². The zero-order valence-corrected chi connectivity index (χ0v) is 18.4. The number of aromatic nitrogens is 2. The highest BCUT2D eigenvalue weighted by Gasteiger charge is 2.39. The molecule has 4 N–H and O–H groups in total. The Bertz CT molecular complexity index is 1210. The van der Waals surface area contributed by atoms with Crippen LogP contribution in [0.4, 0.5) is 11.5 Å². The number of para-hydroxylation sites is 1. The molecule has 1 heterocycles. The molecule has 1 aliphatic rings. The Hall–Kier alpha value is -4.12. The highest BCUT2D eigenvalue weighted by atomic mass is 16.2. The van der Waals surface area contributed by atoms with E-state index in [4.69, 9.17) is 5.73 Å². The molecule has 0 aliphatic heterocycles. The highest BCUT2D eigenvalue weighted by Crippen LogP contribution is 2.38. The zero-order chi connectivity index (χ0) is 23.4. The Labute approximate surface area is 192 Å². The maximum Gasteiger partial charge on any atom is 0.251 e. The smallest absolute Gasteiger partial charge is 0.251 e. The summed E-state index contributed by atoms with van der Waals surface area (Å²) in [6.07, 6.45) is 2.01. The quantitative estimate of drug-likeness (QED) is 0.462. The molecule has 1 aromatic heterocycles. The van der Waals surface area contributed by atoms with Gasteiger partial charge in [0.1, 0.15) is 17.5 Å². The first-order valence-corrected chi connectivity index (χ1v) is 11.0. The summed E-state index contributed by atoms with van der Waals surface area (Å²) in [5, 5.41) is 19.8. The van der Waals surface area contributed by atoms with Crippen LogP contribution in [0.1, 0.15) is 41.4 Å². The maximum atomic E-state index is 12.5. The molecular weight excluding hydrogens is 416 g/mol. The van der Waals surface area contributed by atoms with Crippen LogP contribution in [0.15, 0.2) is 54.6 Å². The minimum atomic E-state index is -0.222. The molecular formula is C25H26N6O2. The second-order valence-electron chi connectivity index (χ2n) is 8.32. The molecule has 8 nitrogen and oxygen atoms in total. The third-order valence-corrected chi connectivity index (χ3v) is 5.82. The molecule has 4 rings (SSSR count). The minimum Gasteiger partial charge on any atom is -0.382 e. The molecule has 3 aromatic rings. The average Bonchev–Trinajstić information content (AvgIpc) is 3.48. The molecule has 0 spiro atoms. The van der Waals surface area contributed by atoms with Crippen LogP contribution in [-0.4, -0.2) is 28.1 Å². The van der Waals surface area contributed by atoms with Gasteiger partial charge in [-0.25, -0.2) is 4.68 Å². The van der Waals surface area contributed by atoms with Crippen molar-refractivity contribution in [1.29, 1.82) is 5.26 Å². The fourth-order valence-electron chi connectivity index (χ4n) is 3.76. The normalized spacial score (nSPS) is 16.6. The molecule has 8 heteroatoms. The molecule has 33 heavy (non-hydrogen) atoms. The first-order valence-electron chi connectivity index (χ1n) is 11.0. The lowest BCUT2D eigenvalue weighted by molar-refractivity contribution is -0.117. The molecule has 2 aromatic carbocycles. The first-order chi connectivity index (χ1) is 16.0. The summed E-state index contributed by atoms with van der Waals surface area (Å²) in [5.41, 5.74) is 8.98. The van der Waals surface area contributed by atoms with Crippen molar-refractivity contribution in [2.24, 2.45) is 11.8 Å². The average molecular weight is 443 g/mol. The fourth-order valence-corrected chi connectivity index (χ4v) is 3.76. The number of nitrogens with one attached hydrogen (secondary N) is 2. The van der Waals surface area contributed by atoms with E-state index < -0.39 is 0 Å². The predicted molar refractivity (Wildman–Crippen MR) is 126 cm³/mol. The van der Waals surface area contributed by atoms with E-state index >= 15 is 0 Å². The highest BCUT2D eigenvalue weighted by molar-refractivity contribution is 5.98. The van der Waals surface area contributed by atoms with Crippen LogP contribution in [0.3, 0.4) is 0 Å². The number of aryl methyl sites for hydroxylation is 1. The number of nitrogen functional groups attached to an aromatic ring is 1. The lowest BCUT2D eigenvalue weighted by Crippen LogP contribution is -2.25. The number of benzene rings is 2. The van der Waals surface area contributed by atoms with Crippen molar-refractivity contribution in [3.05, 3.63) is 71.4 Å². The molecule has 1 saturated carbocycles. The molecule has 2 amide bonds. The van der Waals surface area contributed by atoms with Crippen molar-refractivity contribution >= 4 is 23.3 Å². The van der Waals surface area contributed by atoms with Crippen LogP contribution in [0, 0.1) is 23.2 Å². The second kappa shape index (κ2) is 9.57. The van der Waals surface area contributed by atoms with E-state index in [2.05, 4.69) is 21.8 Å². The van der Waals surface area contributed by atoms with Gasteiger partial charge < -0.3 is 16.4 Å². The van der Waals surface area contributed by atoms with Crippen molar-refractivity contribution < 1.29 is 9.59 Å². The lowest BCUT2D eigenvalue weighted by Gasteiger charge is -2.08. The lowest BCUT2D eigenvalue weighted by atomic mass is 10.1. The van der Waals surface area contributed by atoms with Gasteiger partial charge in [0.15, 0.2) is 0 Å². The number of nitrogens with two attached hydrogens (primary N) is 1. The molecule has 0 saturated heterocycles. The number of carbonyl (C=O) groups excluding carboxylic acids is 2. The predicted octanol–water partition coefficient (Wildman–Crippen LogP) is 3.28. The van der Waals surface area contributed by atoms with Gasteiger partial charge in [0.25, 0.3) is 5.91 Å². The number of nitriles is 1. The fraction of sp³-hybridized carbons (Fsp3) is 0.280. The maximum absolute atomic E-state index is 12.5. The third kappa shape index (κ3) is 5.04. The topological polar surface area (TPSA) is 126 Å². The van der Waals surface area contributed by atoms with Crippen molar-refractivity contribution in [3.63, 3.8) is 0 Å². The summed E-state index contributed by atoms with van der Waals surface area (Å²) < 4.78 is 1.56. The Balaban J connectivity index is 1.32. The largest absolute Gasteiger partial charge is 0.382 e. The summed E-state index contributed by atoms with van der Waals surface area (Å²) in [4.78, 5) is 24.7.